The van der Waals surface area contributed by atoms with Crippen molar-refractivity contribution in [3.05, 3.63) is 23.8 Å². The summed E-state index contributed by atoms with van der Waals surface area (Å²) in [5.74, 6) is 1.64. The average Bonchev–Trinajstić information content (AvgIpc) is 2.97. The molecule has 1 atom stereocenters. The summed E-state index contributed by atoms with van der Waals surface area (Å²) in [4.78, 5) is 0. The summed E-state index contributed by atoms with van der Waals surface area (Å²) in [6.45, 7) is 2.16. The molecule has 0 saturated carbocycles. The minimum atomic E-state index is -0.207. The van der Waals surface area contributed by atoms with Gasteiger partial charge in [-0.05, 0) is 30.7 Å². The molecule has 1 aromatic carbocycles. The Hall–Kier alpha value is -1.26. The number of nitrogens with one attached hydrogen (secondary N) is 1. The first-order valence-corrected chi connectivity index (χ1v) is 5.50. The Bertz CT molecular complexity index is 399. The quantitative estimate of drug-likeness (QED) is 0.816. The predicted molar refractivity (Wildman–Crippen MR) is 58.7 cm³/mol. The number of hydrogen-bond donors (Lipinski definition) is 1. The van der Waals surface area contributed by atoms with Gasteiger partial charge in [0.1, 0.15) is 5.60 Å². The van der Waals surface area contributed by atoms with Gasteiger partial charge in [0.25, 0.3) is 0 Å². The number of methoxy groups -OCH3 is 1. The number of benzene rings is 1. The Morgan fingerprint density at radius 2 is 2.19 bits per heavy atom. The van der Waals surface area contributed by atoms with Crippen molar-refractivity contribution in [3.8, 4) is 11.5 Å². The van der Waals surface area contributed by atoms with E-state index in [0.717, 1.165) is 36.6 Å². The molecule has 2 aliphatic rings. The summed E-state index contributed by atoms with van der Waals surface area (Å²) in [7, 11) is 1.76. The third-order valence-corrected chi connectivity index (χ3v) is 3.41. The fraction of sp³-hybridized carbons (Fsp3) is 0.500. The molecule has 0 bridgehead atoms. The molecule has 1 saturated heterocycles. The molecular weight excluding hydrogens is 206 g/mol. The van der Waals surface area contributed by atoms with E-state index in [1.807, 2.05) is 12.1 Å². The Labute approximate surface area is 94.5 Å². The summed E-state index contributed by atoms with van der Waals surface area (Å²) in [5.41, 5.74) is 0.949. The van der Waals surface area contributed by atoms with Crippen molar-refractivity contribution < 1.29 is 14.2 Å². The van der Waals surface area contributed by atoms with Crippen molar-refractivity contribution in [1.82, 2.24) is 5.32 Å². The molecule has 2 aliphatic heterocycles. The lowest BCUT2D eigenvalue weighted by atomic mass is 9.92. The second-order valence-corrected chi connectivity index (χ2v) is 4.19. The van der Waals surface area contributed by atoms with E-state index < -0.39 is 0 Å². The van der Waals surface area contributed by atoms with Gasteiger partial charge < -0.3 is 19.5 Å². The summed E-state index contributed by atoms with van der Waals surface area (Å²) < 4.78 is 16.4. The zero-order valence-corrected chi connectivity index (χ0v) is 9.29. The number of rotatable bonds is 2. The van der Waals surface area contributed by atoms with Crippen LogP contribution in [-0.2, 0) is 10.3 Å². The second kappa shape index (κ2) is 3.64. The molecule has 2 heterocycles. The van der Waals surface area contributed by atoms with Gasteiger partial charge in [0.2, 0.25) is 6.79 Å². The second-order valence-electron chi connectivity index (χ2n) is 4.19. The molecule has 4 heteroatoms. The van der Waals surface area contributed by atoms with Crippen molar-refractivity contribution in [1.29, 1.82) is 0 Å². The molecular formula is C12H15NO3. The van der Waals surface area contributed by atoms with Crippen LogP contribution in [0.25, 0.3) is 0 Å². The van der Waals surface area contributed by atoms with Gasteiger partial charge in [-0.25, -0.2) is 0 Å². The Kier molecular flexibility index (Phi) is 2.26. The fourth-order valence-electron chi connectivity index (χ4n) is 2.39. The summed E-state index contributed by atoms with van der Waals surface area (Å²) in [6, 6.07) is 6.04. The monoisotopic (exact) mass is 221 g/mol. The summed E-state index contributed by atoms with van der Waals surface area (Å²) >= 11 is 0. The lowest BCUT2D eigenvalue weighted by Gasteiger charge is -2.27. The van der Waals surface area contributed by atoms with Crippen LogP contribution in [0.5, 0.6) is 11.5 Å². The average molecular weight is 221 g/mol. The summed E-state index contributed by atoms with van der Waals surface area (Å²) in [6.07, 6.45) is 0.989. The molecule has 1 N–H and O–H groups in total. The van der Waals surface area contributed by atoms with Gasteiger partial charge in [-0.1, -0.05) is 6.07 Å². The van der Waals surface area contributed by atoms with Crippen LogP contribution in [0.1, 0.15) is 12.0 Å². The molecule has 0 radical (unpaired) electrons. The molecule has 4 nitrogen and oxygen atoms in total. The van der Waals surface area contributed by atoms with Crippen molar-refractivity contribution in [2.45, 2.75) is 12.0 Å². The SMILES string of the molecule is COC1(c2ccc3c(c2)OCO3)CCNC1. The highest BCUT2D eigenvalue weighted by Crippen LogP contribution is 2.39. The number of ether oxygens (including phenoxy) is 3. The molecule has 1 unspecified atom stereocenters. The van der Waals surface area contributed by atoms with E-state index >= 15 is 0 Å². The van der Waals surface area contributed by atoms with Crippen molar-refractivity contribution in [3.63, 3.8) is 0 Å². The normalized spacial score (nSPS) is 27.3. The molecule has 0 aromatic heterocycles. The third kappa shape index (κ3) is 1.37. The van der Waals surface area contributed by atoms with Gasteiger partial charge in [-0.2, -0.15) is 0 Å². The van der Waals surface area contributed by atoms with Crippen LogP contribution in [0.3, 0.4) is 0 Å². The van der Waals surface area contributed by atoms with Crippen molar-refractivity contribution >= 4 is 0 Å². The maximum atomic E-state index is 5.69. The van der Waals surface area contributed by atoms with E-state index in [4.69, 9.17) is 14.2 Å². The van der Waals surface area contributed by atoms with Crippen LogP contribution in [0.4, 0.5) is 0 Å². The molecule has 1 fully saturated rings. The fourth-order valence-corrected chi connectivity index (χ4v) is 2.39. The smallest absolute Gasteiger partial charge is 0.231 e. The van der Waals surface area contributed by atoms with E-state index in [-0.39, 0.29) is 5.60 Å². The minimum Gasteiger partial charge on any atom is -0.454 e. The van der Waals surface area contributed by atoms with E-state index in [1.165, 1.54) is 0 Å². The molecule has 0 amide bonds. The topological polar surface area (TPSA) is 39.7 Å². The Balaban J connectivity index is 1.99. The molecule has 0 aliphatic carbocycles. The standard InChI is InChI=1S/C12H15NO3/c1-14-12(4-5-13-7-12)9-2-3-10-11(6-9)16-8-15-10/h2-3,6,13H,4-5,7-8H2,1H3. The van der Waals surface area contributed by atoms with Crippen LogP contribution in [0.2, 0.25) is 0 Å². The maximum Gasteiger partial charge on any atom is 0.231 e. The first-order chi connectivity index (χ1) is 7.84. The first-order valence-electron chi connectivity index (χ1n) is 5.50. The van der Waals surface area contributed by atoms with Gasteiger partial charge in [-0.15, -0.1) is 0 Å². The van der Waals surface area contributed by atoms with Crippen LogP contribution in [0.15, 0.2) is 18.2 Å². The van der Waals surface area contributed by atoms with Crippen LogP contribution in [0, 0.1) is 0 Å². The van der Waals surface area contributed by atoms with E-state index in [2.05, 4.69) is 11.4 Å². The van der Waals surface area contributed by atoms with Gasteiger partial charge >= 0.3 is 0 Å². The van der Waals surface area contributed by atoms with E-state index in [1.54, 1.807) is 7.11 Å². The van der Waals surface area contributed by atoms with Gasteiger partial charge in [-0.3, -0.25) is 0 Å². The molecule has 86 valence electrons. The molecule has 16 heavy (non-hydrogen) atoms. The zero-order valence-electron chi connectivity index (χ0n) is 9.29. The minimum absolute atomic E-state index is 0.207. The zero-order chi connectivity index (χ0) is 11.0. The number of fused-ring (bicyclic) bond motifs is 1. The largest absolute Gasteiger partial charge is 0.454 e. The lowest BCUT2D eigenvalue weighted by molar-refractivity contribution is 0.00312. The third-order valence-electron chi connectivity index (χ3n) is 3.41. The molecule has 0 spiro atoms. The van der Waals surface area contributed by atoms with Crippen molar-refractivity contribution in [2.24, 2.45) is 0 Å². The highest BCUT2D eigenvalue weighted by atomic mass is 16.7. The van der Waals surface area contributed by atoms with Crippen LogP contribution < -0.4 is 14.8 Å². The predicted octanol–water partition coefficient (Wildman–Crippen LogP) is 1.25. The van der Waals surface area contributed by atoms with E-state index in [9.17, 15) is 0 Å². The molecule has 1 aromatic rings. The Morgan fingerprint density at radius 1 is 1.31 bits per heavy atom. The van der Waals surface area contributed by atoms with Crippen LogP contribution in [-0.4, -0.2) is 27.0 Å². The maximum absolute atomic E-state index is 5.69. The van der Waals surface area contributed by atoms with Crippen molar-refractivity contribution in [2.75, 3.05) is 27.0 Å². The lowest BCUT2D eigenvalue weighted by Crippen LogP contribution is -2.30. The van der Waals surface area contributed by atoms with E-state index in [0.29, 0.717) is 6.79 Å². The number of hydrogen-bond acceptors (Lipinski definition) is 4. The van der Waals surface area contributed by atoms with Gasteiger partial charge in [0, 0.05) is 13.7 Å². The Morgan fingerprint density at radius 3 is 2.94 bits per heavy atom. The highest BCUT2D eigenvalue weighted by Gasteiger charge is 2.36. The molecule has 3 rings (SSSR count). The van der Waals surface area contributed by atoms with Gasteiger partial charge in [0.05, 0.1) is 0 Å². The summed E-state index contributed by atoms with van der Waals surface area (Å²) in [5, 5.41) is 3.33. The first kappa shape index (κ1) is 9.93. The van der Waals surface area contributed by atoms with Gasteiger partial charge in [0.15, 0.2) is 11.5 Å². The van der Waals surface area contributed by atoms with Crippen LogP contribution >= 0.6 is 0 Å². The highest BCUT2D eigenvalue weighted by molar-refractivity contribution is 5.46.